The maximum Gasteiger partial charge on any atom is 0.123 e. The van der Waals surface area contributed by atoms with Crippen molar-refractivity contribution in [1.82, 2.24) is 5.32 Å². The van der Waals surface area contributed by atoms with Crippen molar-refractivity contribution in [2.24, 2.45) is 17.8 Å². The van der Waals surface area contributed by atoms with Gasteiger partial charge in [0.2, 0.25) is 0 Å². The van der Waals surface area contributed by atoms with Crippen LogP contribution in [0.15, 0.2) is 18.2 Å². The minimum atomic E-state index is -0.297. The van der Waals surface area contributed by atoms with E-state index in [0.717, 1.165) is 12.3 Å². The van der Waals surface area contributed by atoms with E-state index in [0.29, 0.717) is 23.4 Å². The van der Waals surface area contributed by atoms with Crippen LogP contribution in [0.1, 0.15) is 58.6 Å². The average Bonchev–Trinajstić information content (AvgIpc) is 2.41. The molecule has 1 aromatic carbocycles. The minimum absolute atomic E-state index is 0.0442. The van der Waals surface area contributed by atoms with E-state index in [1.807, 2.05) is 6.92 Å². The zero-order chi connectivity index (χ0) is 15.6. The van der Waals surface area contributed by atoms with Gasteiger partial charge in [0.15, 0.2) is 0 Å². The Morgan fingerprint density at radius 2 is 1.95 bits per heavy atom. The molecule has 1 saturated carbocycles. The highest BCUT2D eigenvalue weighted by Gasteiger charge is 2.31. The average molecular weight is 293 g/mol. The molecule has 0 radical (unpaired) electrons. The summed E-state index contributed by atoms with van der Waals surface area (Å²) >= 11 is 0. The number of phenolic OH excluding ortho intramolecular Hbond substituents is 1. The molecule has 3 heteroatoms. The molecule has 1 aromatic rings. The van der Waals surface area contributed by atoms with Gasteiger partial charge < -0.3 is 10.4 Å². The largest absolute Gasteiger partial charge is 0.508 e. The second-order valence-corrected chi connectivity index (χ2v) is 7.02. The molecule has 4 unspecified atom stereocenters. The molecule has 0 spiro atoms. The van der Waals surface area contributed by atoms with Crippen LogP contribution in [0.25, 0.3) is 0 Å². The van der Waals surface area contributed by atoms with E-state index in [4.69, 9.17) is 0 Å². The first kappa shape index (κ1) is 16.3. The zero-order valence-electron chi connectivity index (χ0n) is 13.6. The normalized spacial score (nSPS) is 27.8. The smallest absolute Gasteiger partial charge is 0.123 e. The maximum atomic E-state index is 13.4. The van der Waals surface area contributed by atoms with Crippen LogP contribution < -0.4 is 5.32 Å². The van der Waals surface area contributed by atoms with Gasteiger partial charge in [-0.05, 0) is 55.7 Å². The van der Waals surface area contributed by atoms with Crippen LogP contribution in [0.5, 0.6) is 5.75 Å². The van der Waals surface area contributed by atoms with Crippen molar-refractivity contribution in [3.63, 3.8) is 0 Å². The van der Waals surface area contributed by atoms with Gasteiger partial charge in [0, 0.05) is 17.6 Å². The lowest BCUT2D eigenvalue weighted by Gasteiger charge is -2.39. The molecule has 2 N–H and O–H groups in total. The second kappa shape index (κ2) is 6.78. The molecule has 0 heterocycles. The van der Waals surface area contributed by atoms with Crippen molar-refractivity contribution in [2.45, 2.75) is 59.0 Å². The summed E-state index contributed by atoms with van der Waals surface area (Å²) in [6.07, 6.45) is 3.70. The fourth-order valence-corrected chi connectivity index (χ4v) is 3.68. The molecule has 0 saturated heterocycles. The van der Waals surface area contributed by atoms with Gasteiger partial charge in [-0.1, -0.05) is 27.2 Å². The Balaban J connectivity index is 2.12. The lowest BCUT2D eigenvalue weighted by Crippen LogP contribution is -2.43. The molecular weight excluding hydrogens is 265 g/mol. The third-order valence-electron chi connectivity index (χ3n) is 4.94. The number of aromatic hydroxyl groups is 1. The summed E-state index contributed by atoms with van der Waals surface area (Å²) in [5, 5.41) is 13.6. The highest BCUT2D eigenvalue weighted by Crippen LogP contribution is 2.35. The van der Waals surface area contributed by atoms with Gasteiger partial charge in [-0.2, -0.15) is 0 Å². The molecule has 21 heavy (non-hydrogen) atoms. The van der Waals surface area contributed by atoms with Gasteiger partial charge in [0.25, 0.3) is 0 Å². The Kier molecular flexibility index (Phi) is 5.26. The number of rotatable bonds is 4. The Hall–Kier alpha value is -1.09. The van der Waals surface area contributed by atoms with Crippen LogP contribution in [0.2, 0.25) is 0 Å². The first-order chi connectivity index (χ1) is 9.88. The lowest BCUT2D eigenvalue weighted by molar-refractivity contribution is 0.160. The molecule has 1 fully saturated rings. The number of hydrogen-bond donors (Lipinski definition) is 2. The molecule has 1 aliphatic carbocycles. The molecule has 0 aromatic heterocycles. The minimum Gasteiger partial charge on any atom is -0.508 e. The number of phenols is 1. The molecule has 4 atom stereocenters. The summed E-state index contributed by atoms with van der Waals surface area (Å²) in [5.41, 5.74) is 0.649. The number of nitrogens with one attached hydrogen (secondary N) is 1. The topological polar surface area (TPSA) is 32.3 Å². The highest BCUT2D eigenvalue weighted by atomic mass is 19.1. The number of hydrogen-bond acceptors (Lipinski definition) is 2. The predicted octanol–water partition coefficient (Wildman–Crippen LogP) is 4.64. The Morgan fingerprint density at radius 1 is 1.24 bits per heavy atom. The third kappa shape index (κ3) is 3.97. The van der Waals surface area contributed by atoms with E-state index < -0.39 is 0 Å². The van der Waals surface area contributed by atoms with Crippen molar-refractivity contribution >= 4 is 0 Å². The van der Waals surface area contributed by atoms with E-state index in [1.54, 1.807) is 0 Å². The molecule has 1 aliphatic rings. The highest BCUT2D eigenvalue weighted by molar-refractivity contribution is 5.35. The van der Waals surface area contributed by atoms with Crippen LogP contribution in [0.3, 0.4) is 0 Å². The van der Waals surface area contributed by atoms with Crippen molar-refractivity contribution < 1.29 is 9.50 Å². The van der Waals surface area contributed by atoms with Crippen LogP contribution in [-0.2, 0) is 0 Å². The molecule has 0 aliphatic heterocycles. The monoisotopic (exact) mass is 293 g/mol. The van der Waals surface area contributed by atoms with Crippen LogP contribution in [0.4, 0.5) is 4.39 Å². The van der Waals surface area contributed by atoms with Gasteiger partial charge in [0.1, 0.15) is 11.6 Å². The van der Waals surface area contributed by atoms with Gasteiger partial charge in [-0.25, -0.2) is 4.39 Å². The van der Waals surface area contributed by atoms with E-state index >= 15 is 0 Å². The van der Waals surface area contributed by atoms with E-state index in [-0.39, 0.29) is 17.6 Å². The van der Waals surface area contributed by atoms with Gasteiger partial charge in [0.05, 0.1) is 0 Å². The van der Waals surface area contributed by atoms with E-state index in [1.165, 1.54) is 31.0 Å². The Morgan fingerprint density at radius 3 is 2.62 bits per heavy atom. The van der Waals surface area contributed by atoms with Crippen LogP contribution in [-0.4, -0.2) is 11.1 Å². The molecule has 0 amide bonds. The van der Waals surface area contributed by atoms with Crippen molar-refractivity contribution in [3.05, 3.63) is 29.6 Å². The fourth-order valence-electron chi connectivity index (χ4n) is 3.68. The van der Waals surface area contributed by atoms with Crippen molar-refractivity contribution in [1.29, 1.82) is 0 Å². The molecule has 118 valence electrons. The van der Waals surface area contributed by atoms with Crippen molar-refractivity contribution in [3.8, 4) is 5.75 Å². The van der Waals surface area contributed by atoms with E-state index in [2.05, 4.69) is 26.1 Å². The van der Waals surface area contributed by atoms with E-state index in [9.17, 15) is 9.50 Å². The van der Waals surface area contributed by atoms with Gasteiger partial charge in [-0.15, -0.1) is 0 Å². The van der Waals surface area contributed by atoms with Gasteiger partial charge in [-0.3, -0.25) is 0 Å². The summed E-state index contributed by atoms with van der Waals surface area (Å²) in [6, 6.07) is 4.56. The first-order valence-corrected chi connectivity index (χ1v) is 8.13. The second-order valence-electron chi connectivity index (χ2n) is 7.02. The van der Waals surface area contributed by atoms with Gasteiger partial charge >= 0.3 is 0 Å². The Bertz CT molecular complexity index is 474. The fraction of sp³-hybridized carbons (Fsp3) is 0.667. The number of halogens is 1. The quantitative estimate of drug-likeness (QED) is 0.847. The van der Waals surface area contributed by atoms with Crippen molar-refractivity contribution in [2.75, 3.05) is 0 Å². The predicted molar refractivity (Wildman–Crippen MR) is 84.7 cm³/mol. The summed E-state index contributed by atoms with van der Waals surface area (Å²) in [5.74, 6) is 1.89. The Labute approximate surface area is 127 Å². The standard InChI is InChI=1S/C18H28FNO/c1-11(2)15-7-5-12(3)9-17(15)20-13(4)16-10-14(19)6-8-18(16)21/h6,8,10-13,15,17,20-21H,5,7,9H2,1-4H3. The molecule has 2 rings (SSSR count). The summed E-state index contributed by atoms with van der Waals surface area (Å²) in [6.45, 7) is 8.86. The maximum absolute atomic E-state index is 13.4. The SMILES string of the molecule is CC1CCC(C(C)C)C(NC(C)c2cc(F)ccc2O)C1. The number of benzene rings is 1. The zero-order valence-corrected chi connectivity index (χ0v) is 13.6. The van der Waals surface area contributed by atoms with Crippen LogP contribution in [0, 0.1) is 23.6 Å². The summed E-state index contributed by atoms with van der Waals surface area (Å²) in [4.78, 5) is 0. The van der Waals surface area contributed by atoms with Crippen LogP contribution >= 0.6 is 0 Å². The molecular formula is C18H28FNO. The third-order valence-corrected chi connectivity index (χ3v) is 4.94. The molecule has 2 nitrogen and oxygen atoms in total. The first-order valence-electron chi connectivity index (χ1n) is 8.13. The lowest BCUT2D eigenvalue weighted by atomic mass is 9.73. The summed E-state index contributed by atoms with van der Waals surface area (Å²) < 4.78 is 13.4. The summed E-state index contributed by atoms with van der Waals surface area (Å²) in [7, 11) is 0. The molecule has 0 bridgehead atoms.